The summed E-state index contributed by atoms with van der Waals surface area (Å²) in [5.41, 5.74) is 0. The minimum atomic E-state index is 0.636. The molecule has 0 radical (unpaired) electrons. The van der Waals surface area contributed by atoms with Crippen molar-refractivity contribution in [3.8, 4) is 0 Å². The predicted octanol–water partition coefficient (Wildman–Crippen LogP) is 0.911. The van der Waals surface area contributed by atoms with E-state index in [9.17, 15) is 0 Å². The Morgan fingerprint density at radius 1 is 1.31 bits per heavy atom. The van der Waals surface area contributed by atoms with E-state index in [0.29, 0.717) is 6.04 Å². The molecule has 3 atom stereocenters. The largest absolute Gasteiger partial charge is 0.355 e. The Labute approximate surface area is 96.1 Å². The van der Waals surface area contributed by atoms with Crippen LogP contribution in [0, 0.1) is 11.8 Å². The van der Waals surface area contributed by atoms with Gasteiger partial charge in [-0.15, -0.1) is 0 Å². The van der Waals surface area contributed by atoms with Crippen molar-refractivity contribution in [1.82, 2.24) is 15.3 Å². The van der Waals surface area contributed by atoms with E-state index in [0.717, 1.165) is 17.7 Å². The fourth-order valence-corrected chi connectivity index (χ4v) is 3.24. The minimum absolute atomic E-state index is 0.636. The standard InChI is InChI=1S/C12H18N4/c1-16(12-8-13-4-5-15-12)11-3-2-9-6-14-7-10(9)11/h4-5,8-11,14H,2-3,6-7H2,1H3/t9-,10+,11-/m1/s1. The van der Waals surface area contributed by atoms with E-state index in [1.807, 2.05) is 6.20 Å². The molecule has 0 aromatic carbocycles. The van der Waals surface area contributed by atoms with E-state index in [4.69, 9.17) is 0 Å². The third-order valence-corrected chi connectivity index (χ3v) is 4.13. The van der Waals surface area contributed by atoms with Crippen LogP contribution in [0.25, 0.3) is 0 Å². The van der Waals surface area contributed by atoms with Gasteiger partial charge in [-0.05, 0) is 31.2 Å². The number of rotatable bonds is 2. The zero-order chi connectivity index (χ0) is 11.0. The van der Waals surface area contributed by atoms with E-state index < -0.39 is 0 Å². The number of nitrogens with zero attached hydrogens (tertiary/aromatic N) is 3. The zero-order valence-corrected chi connectivity index (χ0v) is 9.63. The Hall–Kier alpha value is -1.16. The maximum Gasteiger partial charge on any atom is 0.147 e. The van der Waals surface area contributed by atoms with E-state index in [1.54, 1.807) is 12.4 Å². The van der Waals surface area contributed by atoms with Gasteiger partial charge in [-0.25, -0.2) is 4.98 Å². The number of nitrogens with one attached hydrogen (secondary N) is 1. The zero-order valence-electron chi connectivity index (χ0n) is 9.63. The second kappa shape index (κ2) is 4.01. The lowest BCUT2D eigenvalue weighted by atomic mass is 9.97. The molecule has 1 saturated carbocycles. The first-order chi connectivity index (χ1) is 7.86. The van der Waals surface area contributed by atoms with Crippen LogP contribution in [0.4, 0.5) is 5.82 Å². The van der Waals surface area contributed by atoms with Crippen LogP contribution >= 0.6 is 0 Å². The highest BCUT2D eigenvalue weighted by molar-refractivity contribution is 5.36. The molecule has 0 bridgehead atoms. The van der Waals surface area contributed by atoms with Crippen molar-refractivity contribution in [3.05, 3.63) is 18.6 Å². The van der Waals surface area contributed by atoms with E-state index in [1.165, 1.54) is 25.9 Å². The highest BCUT2D eigenvalue weighted by Gasteiger charge is 2.41. The first-order valence-electron chi connectivity index (χ1n) is 6.06. The Kier molecular flexibility index (Phi) is 2.52. The molecule has 1 aliphatic heterocycles. The third kappa shape index (κ3) is 1.57. The lowest BCUT2D eigenvalue weighted by Gasteiger charge is -2.29. The number of anilines is 1. The van der Waals surface area contributed by atoms with Gasteiger partial charge < -0.3 is 10.2 Å². The molecular formula is C12H18N4. The van der Waals surface area contributed by atoms with Crippen molar-refractivity contribution in [2.45, 2.75) is 18.9 Å². The quantitative estimate of drug-likeness (QED) is 0.801. The van der Waals surface area contributed by atoms with E-state index in [2.05, 4.69) is 27.2 Å². The molecular weight excluding hydrogens is 200 g/mol. The van der Waals surface area contributed by atoms with Crippen LogP contribution in [0.15, 0.2) is 18.6 Å². The topological polar surface area (TPSA) is 41.1 Å². The first-order valence-corrected chi connectivity index (χ1v) is 6.06. The molecule has 2 heterocycles. The summed E-state index contributed by atoms with van der Waals surface area (Å²) in [7, 11) is 2.15. The molecule has 3 rings (SSSR count). The summed E-state index contributed by atoms with van der Waals surface area (Å²) < 4.78 is 0. The SMILES string of the molecule is CN(c1cnccn1)[C@@H]1CC[C@@H]2CNC[C@@H]21. The molecule has 1 N–H and O–H groups in total. The lowest BCUT2D eigenvalue weighted by molar-refractivity contribution is 0.439. The smallest absolute Gasteiger partial charge is 0.147 e. The van der Waals surface area contributed by atoms with Gasteiger partial charge >= 0.3 is 0 Å². The van der Waals surface area contributed by atoms with Gasteiger partial charge in [-0.3, -0.25) is 4.98 Å². The Balaban J connectivity index is 1.78. The van der Waals surface area contributed by atoms with Crippen molar-refractivity contribution in [3.63, 3.8) is 0 Å². The summed E-state index contributed by atoms with van der Waals surface area (Å²) in [4.78, 5) is 10.8. The number of aromatic nitrogens is 2. The highest BCUT2D eigenvalue weighted by atomic mass is 15.2. The fraction of sp³-hybridized carbons (Fsp3) is 0.667. The molecule has 0 unspecified atom stereocenters. The van der Waals surface area contributed by atoms with Crippen LogP contribution in [0.3, 0.4) is 0 Å². The molecule has 16 heavy (non-hydrogen) atoms. The normalized spacial score (nSPS) is 32.7. The van der Waals surface area contributed by atoms with Crippen LogP contribution in [0.2, 0.25) is 0 Å². The number of hydrogen-bond acceptors (Lipinski definition) is 4. The van der Waals surface area contributed by atoms with Gasteiger partial charge in [0, 0.05) is 32.0 Å². The summed E-state index contributed by atoms with van der Waals surface area (Å²) in [5, 5.41) is 3.50. The molecule has 1 aromatic rings. The monoisotopic (exact) mass is 218 g/mol. The second-order valence-electron chi connectivity index (χ2n) is 4.90. The van der Waals surface area contributed by atoms with Gasteiger partial charge in [0.1, 0.15) is 5.82 Å². The Morgan fingerprint density at radius 2 is 2.25 bits per heavy atom. The Bertz CT molecular complexity index is 353. The van der Waals surface area contributed by atoms with Crippen molar-refractivity contribution in [2.75, 3.05) is 25.0 Å². The van der Waals surface area contributed by atoms with Gasteiger partial charge in [0.15, 0.2) is 0 Å². The van der Waals surface area contributed by atoms with Crippen molar-refractivity contribution < 1.29 is 0 Å². The van der Waals surface area contributed by atoms with Gasteiger partial charge in [0.25, 0.3) is 0 Å². The molecule has 1 aliphatic carbocycles. The average Bonchev–Trinajstić information content (AvgIpc) is 2.91. The third-order valence-electron chi connectivity index (χ3n) is 4.13. The summed E-state index contributed by atoms with van der Waals surface area (Å²) in [6, 6.07) is 0.636. The van der Waals surface area contributed by atoms with Crippen molar-refractivity contribution in [2.24, 2.45) is 11.8 Å². The van der Waals surface area contributed by atoms with Crippen LogP contribution in [-0.2, 0) is 0 Å². The summed E-state index contributed by atoms with van der Waals surface area (Å²) >= 11 is 0. The summed E-state index contributed by atoms with van der Waals surface area (Å²) in [5.74, 6) is 2.68. The molecule has 2 aliphatic rings. The minimum Gasteiger partial charge on any atom is -0.355 e. The van der Waals surface area contributed by atoms with Crippen molar-refractivity contribution >= 4 is 5.82 Å². The molecule has 0 amide bonds. The molecule has 1 aromatic heterocycles. The van der Waals surface area contributed by atoms with Gasteiger partial charge in [-0.1, -0.05) is 0 Å². The molecule has 86 valence electrons. The molecule has 1 saturated heterocycles. The molecule has 4 heteroatoms. The molecule has 4 nitrogen and oxygen atoms in total. The van der Waals surface area contributed by atoms with Crippen LogP contribution in [-0.4, -0.2) is 36.1 Å². The maximum absolute atomic E-state index is 4.38. The fourth-order valence-electron chi connectivity index (χ4n) is 3.24. The average molecular weight is 218 g/mol. The summed E-state index contributed by atoms with van der Waals surface area (Å²) in [6.45, 7) is 2.37. The van der Waals surface area contributed by atoms with E-state index >= 15 is 0 Å². The maximum atomic E-state index is 4.38. The van der Waals surface area contributed by atoms with Crippen LogP contribution in [0.1, 0.15) is 12.8 Å². The molecule has 0 spiro atoms. The predicted molar refractivity (Wildman–Crippen MR) is 63.3 cm³/mol. The van der Waals surface area contributed by atoms with Gasteiger partial charge in [0.05, 0.1) is 6.20 Å². The summed E-state index contributed by atoms with van der Waals surface area (Å²) in [6.07, 6.45) is 8.00. The first kappa shape index (κ1) is 10.0. The van der Waals surface area contributed by atoms with Crippen molar-refractivity contribution in [1.29, 1.82) is 0 Å². The van der Waals surface area contributed by atoms with Crippen LogP contribution < -0.4 is 10.2 Å². The van der Waals surface area contributed by atoms with Gasteiger partial charge in [0.2, 0.25) is 0 Å². The van der Waals surface area contributed by atoms with Crippen LogP contribution in [0.5, 0.6) is 0 Å². The highest BCUT2D eigenvalue weighted by Crippen LogP contribution is 2.37. The van der Waals surface area contributed by atoms with Gasteiger partial charge in [-0.2, -0.15) is 0 Å². The number of fused-ring (bicyclic) bond motifs is 1. The van der Waals surface area contributed by atoms with E-state index in [-0.39, 0.29) is 0 Å². The lowest BCUT2D eigenvalue weighted by Crippen LogP contribution is -2.37. The number of hydrogen-bond donors (Lipinski definition) is 1. The Morgan fingerprint density at radius 3 is 3.06 bits per heavy atom. The second-order valence-corrected chi connectivity index (χ2v) is 4.90. The molecule has 2 fully saturated rings.